The fourth-order valence-electron chi connectivity index (χ4n) is 3.17. The van der Waals surface area contributed by atoms with Crippen molar-refractivity contribution >= 4 is 11.0 Å². The van der Waals surface area contributed by atoms with E-state index >= 15 is 0 Å². The molecule has 0 spiro atoms. The molecule has 3 aromatic rings. The molecule has 1 unspecified atom stereocenters. The molecule has 3 rings (SSSR count). The van der Waals surface area contributed by atoms with Crippen LogP contribution in [0.2, 0.25) is 0 Å². The summed E-state index contributed by atoms with van der Waals surface area (Å²) in [4.78, 5) is 12.1. The molecule has 0 aliphatic heterocycles. The lowest BCUT2D eigenvalue weighted by molar-refractivity contribution is 0.108. The normalized spacial score (nSPS) is 13.0. The van der Waals surface area contributed by atoms with Crippen LogP contribution in [0, 0.1) is 0 Å². The summed E-state index contributed by atoms with van der Waals surface area (Å²) in [5.74, 6) is 0.718. The number of hydrogen-bond acceptors (Lipinski definition) is 4. The number of ether oxygens (including phenoxy) is 1. The first-order valence-electron chi connectivity index (χ1n) is 10.0. The quantitative estimate of drug-likeness (QED) is 0.612. The van der Waals surface area contributed by atoms with Crippen molar-refractivity contribution in [1.29, 1.82) is 0 Å². The van der Waals surface area contributed by atoms with Gasteiger partial charge in [-0.1, -0.05) is 25.1 Å². The van der Waals surface area contributed by atoms with E-state index in [2.05, 4.69) is 26.1 Å². The Hall–Kier alpha value is -2.57. The maximum Gasteiger partial charge on any atom is 0.328 e. The number of aromatic nitrogens is 2. The van der Waals surface area contributed by atoms with Crippen LogP contribution in [-0.4, -0.2) is 26.4 Å². The predicted octanol–water partition coefficient (Wildman–Crippen LogP) is 3.27. The standard InChI is InChI=1S/C23H31N3O3/c1-6-23(2,3)24-14-16-7-10-18(11-8-16)29-15-21(27)17-9-12-19-20(13-17)26(5)22(28)25(19)4/h7-13,21,24,27H,6,14-15H2,1-5H3. The van der Waals surface area contributed by atoms with Crippen LogP contribution in [0.4, 0.5) is 0 Å². The number of benzene rings is 2. The molecule has 0 radical (unpaired) electrons. The molecule has 1 aromatic heterocycles. The van der Waals surface area contributed by atoms with Gasteiger partial charge < -0.3 is 15.2 Å². The number of imidazole rings is 1. The third-order valence-corrected chi connectivity index (χ3v) is 5.67. The lowest BCUT2D eigenvalue weighted by Gasteiger charge is -2.24. The monoisotopic (exact) mass is 397 g/mol. The summed E-state index contributed by atoms with van der Waals surface area (Å²) < 4.78 is 8.95. The minimum absolute atomic E-state index is 0.0835. The molecule has 6 nitrogen and oxygen atoms in total. The van der Waals surface area contributed by atoms with Crippen molar-refractivity contribution in [2.45, 2.75) is 45.4 Å². The van der Waals surface area contributed by atoms with Crippen molar-refractivity contribution in [2.24, 2.45) is 14.1 Å². The van der Waals surface area contributed by atoms with Gasteiger partial charge in [0.05, 0.1) is 11.0 Å². The van der Waals surface area contributed by atoms with E-state index in [4.69, 9.17) is 4.74 Å². The van der Waals surface area contributed by atoms with E-state index in [1.807, 2.05) is 42.5 Å². The smallest absolute Gasteiger partial charge is 0.328 e. The van der Waals surface area contributed by atoms with Crippen LogP contribution in [0.15, 0.2) is 47.3 Å². The lowest BCUT2D eigenvalue weighted by atomic mass is 10.0. The molecule has 156 valence electrons. The maximum atomic E-state index is 12.1. The highest BCUT2D eigenvalue weighted by atomic mass is 16.5. The van der Waals surface area contributed by atoms with E-state index in [0.717, 1.165) is 35.3 Å². The Morgan fingerprint density at radius 2 is 1.72 bits per heavy atom. The Labute approximate surface area is 171 Å². The van der Waals surface area contributed by atoms with Gasteiger partial charge in [-0.25, -0.2) is 4.79 Å². The largest absolute Gasteiger partial charge is 0.491 e. The molecule has 0 saturated heterocycles. The number of aliphatic hydroxyl groups is 1. The van der Waals surface area contributed by atoms with Gasteiger partial charge in [0, 0.05) is 26.2 Å². The van der Waals surface area contributed by atoms with Gasteiger partial charge in [-0.15, -0.1) is 0 Å². The Kier molecular flexibility index (Phi) is 6.15. The first-order chi connectivity index (χ1) is 13.7. The molecular formula is C23H31N3O3. The van der Waals surface area contributed by atoms with Crippen molar-refractivity contribution in [3.05, 3.63) is 64.1 Å². The van der Waals surface area contributed by atoms with Crippen molar-refractivity contribution in [3.8, 4) is 5.75 Å². The average Bonchev–Trinajstić information content (AvgIpc) is 2.95. The molecule has 2 aromatic carbocycles. The summed E-state index contributed by atoms with van der Waals surface area (Å²) in [6.45, 7) is 7.50. The molecule has 29 heavy (non-hydrogen) atoms. The molecule has 6 heteroatoms. The van der Waals surface area contributed by atoms with E-state index < -0.39 is 6.10 Å². The number of aryl methyl sites for hydroxylation is 2. The highest BCUT2D eigenvalue weighted by Crippen LogP contribution is 2.21. The zero-order valence-corrected chi connectivity index (χ0v) is 17.9. The van der Waals surface area contributed by atoms with Gasteiger partial charge in [-0.2, -0.15) is 0 Å². The van der Waals surface area contributed by atoms with Gasteiger partial charge in [0.15, 0.2) is 0 Å². The zero-order valence-electron chi connectivity index (χ0n) is 17.9. The van der Waals surface area contributed by atoms with Gasteiger partial charge in [-0.3, -0.25) is 9.13 Å². The van der Waals surface area contributed by atoms with Gasteiger partial charge in [0.25, 0.3) is 0 Å². The Morgan fingerprint density at radius 1 is 1.07 bits per heavy atom. The van der Waals surface area contributed by atoms with Crippen LogP contribution >= 0.6 is 0 Å². The van der Waals surface area contributed by atoms with Crippen molar-refractivity contribution < 1.29 is 9.84 Å². The second-order valence-electron chi connectivity index (χ2n) is 8.21. The number of hydrogen-bond donors (Lipinski definition) is 2. The summed E-state index contributed by atoms with van der Waals surface area (Å²) in [5.41, 5.74) is 3.57. The second-order valence-corrected chi connectivity index (χ2v) is 8.21. The van der Waals surface area contributed by atoms with Crippen LogP contribution in [0.5, 0.6) is 5.75 Å². The summed E-state index contributed by atoms with van der Waals surface area (Å²) in [5, 5.41) is 14.1. The summed E-state index contributed by atoms with van der Waals surface area (Å²) in [6, 6.07) is 13.4. The number of aliphatic hydroxyl groups excluding tert-OH is 1. The molecule has 0 aliphatic carbocycles. The molecule has 0 aliphatic rings. The number of nitrogens with one attached hydrogen (secondary N) is 1. The van der Waals surface area contributed by atoms with E-state index in [-0.39, 0.29) is 17.8 Å². The Morgan fingerprint density at radius 3 is 2.38 bits per heavy atom. The van der Waals surface area contributed by atoms with Crippen molar-refractivity contribution in [2.75, 3.05) is 6.61 Å². The first-order valence-corrected chi connectivity index (χ1v) is 10.0. The third-order valence-electron chi connectivity index (χ3n) is 5.67. The van der Waals surface area contributed by atoms with Gasteiger partial charge in [0.2, 0.25) is 0 Å². The Balaban J connectivity index is 1.62. The summed E-state index contributed by atoms with van der Waals surface area (Å²) in [7, 11) is 3.47. The zero-order chi connectivity index (χ0) is 21.2. The van der Waals surface area contributed by atoms with Gasteiger partial charge in [0.1, 0.15) is 18.5 Å². The fourth-order valence-corrected chi connectivity index (χ4v) is 3.17. The SMILES string of the molecule is CCC(C)(C)NCc1ccc(OCC(O)c2ccc3c(c2)n(C)c(=O)n3C)cc1. The van der Waals surface area contributed by atoms with Crippen molar-refractivity contribution in [3.63, 3.8) is 0 Å². The van der Waals surface area contributed by atoms with Crippen molar-refractivity contribution in [1.82, 2.24) is 14.5 Å². The van der Waals surface area contributed by atoms with Gasteiger partial charge >= 0.3 is 5.69 Å². The van der Waals surface area contributed by atoms with E-state index in [9.17, 15) is 9.90 Å². The molecule has 0 bridgehead atoms. The first kappa shape index (κ1) is 21.1. The average molecular weight is 398 g/mol. The van der Waals surface area contributed by atoms with Crippen LogP contribution in [0.3, 0.4) is 0 Å². The van der Waals surface area contributed by atoms with Crippen LogP contribution < -0.4 is 15.7 Å². The van der Waals surface area contributed by atoms with E-state index in [1.54, 1.807) is 23.2 Å². The van der Waals surface area contributed by atoms with E-state index in [1.165, 1.54) is 5.56 Å². The summed E-state index contributed by atoms with van der Waals surface area (Å²) in [6.07, 6.45) is 0.288. The maximum absolute atomic E-state index is 12.1. The third kappa shape index (κ3) is 4.71. The fraction of sp³-hybridized carbons (Fsp3) is 0.435. The Bertz CT molecular complexity index is 1030. The predicted molar refractivity (Wildman–Crippen MR) is 116 cm³/mol. The number of nitrogens with zero attached hydrogens (tertiary/aromatic N) is 2. The molecule has 0 fully saturated rings. The molecule has 1 atom stereocenters. The second kappa shape index (κ2) is 8.43. The minimum Gasteiger partial charge on any atom is -0.491 e. The number of fused-ring (bicyclic) bond motifs is 1. The topological polar surface area (TPSA) is 68.4 Å². The van der Waals surface area contributed by atoms with Crippen LogP contribution in [-0.2, 0) is 20.6 Å². The molecule has 2 N–H and O–H groups in total. The minimum atomic E-state index is -0.776. The lowest BCUT2D eigenvalue weighted by Crippen LogP contribution is -2.37. The van der Waals surface area contributed by atoms with Gasteiger partial charge in [-0.05, 0) is 55.7 Å². The molecule has 0 saturated carbocycles. The number of rotatable bonds is 8. The van der Waals surface area contributed by atoms with Crippen LogP contribution in [0.25, 0.3) is 11.0 Å². The highest BCUT2D eigenvalue weighted by molar-refractivity contribution is 5.76. The molecular weight excluding hydrogens is 366 g/mol. The van der Waals surface area contributed by atoms with Crippen LogP contribution in [0.1, 0.15) is 44.4 Å². The summed E-state index contributed by atoms with van der Waals surface area (Å²) >= 11 is 0. The highest BCUT2D eigenvalue weighted by Gasteiger charge is 2.14. The van der Waals surface area contributed by atoms with E-state index in [0.29, 0.717) is 0 Å². The molecule has 0 amide bonds. The molecule has 1 heterocycles.